The number of aromatic nitrogens is 2. The molecule has 0 aliphatic carbocycles. The van der Waals surface area contributed by atoms with Crippen LogP contribution < -0.4 is 11.4 Å². The lowest BCUT2D eigenvalue weighted by atomic mass is 10.1. The molecule has 4 aromatic rings. The molecule has 152 valence electrons. The lowest BCUT2D eigenvalue weighted by Crippen LogP contribution is -2.23. The summed E-state index contributed by atoms with van der Waals surface area (Å²) in [4.78, 5) is 35.7. The van der Waals surface area contributed by atoms with E-state index >= 15 is 0 Å². The summed E-state index contributed by atoms with van der Waals surface area (Å²) < 4.78 is 28.9. The van der Waals surface area contributed by atoms with Gasteiger partial charge in [-0.2, -0.15) is 4.68 Å². The van der Waals surface area contributed by atoms with Crippen LogP contribution in [-0.4, -0.2) is 20.9 Å². The fraction of sp³-hybridized carbons (Fsp3) is 0.100. The number of carbonyl (C=O) groups excluding carboxylic acids is 1. The van der Waals surface area contributed by atoms with Crippen LogP contribution in [0.15, 0.2) is 67.0 Å². The van der Waals surface area contributed by atoms with Gasteiger partial charge in [-0.1, -0.05) is 0 Å². The molecule has 30 heavy (non-hydrogen) atoms. The molecule has 0 spiro atoms. The Labute approximate surface area is 166 Å². The number of hydrogen-bond acceptors (Lipinski definition) is 8. The van der Waals surface area contributed by atoms with Crippen LogP contribution in [0.2, 0.25) is 0 Å². The number of rotatable bonds is 5. The minimum absolute atomic E-state index is 0.0701. The Hall–Kier alpha value is -4.21. The smallest absolute Gasteiger partial charge is 0.437 e. The quantitative estimate of drug-likeness (QED) is 0.391. The van der Waals surface area contributed by atoms with Crippen LogP contribution in [-0.2, 0) is 22.7 Å². The van der Waals surface area contributed by atoms with Gasteiger partial charge in [0.05, 0.1) is 0 Å². The van der Waals surface area contributed by atoms with E-state index in [9.17, 15) is 23.9 Å². The molecule has 9 nitrogen and oxygen atoms in total. The summed E-state index contributed by atoms with van der Waals surface area (Å²) >= 11 is 0. The summed E-state index contributed by atoms with van der Waals surface area (Å²) in [6.45, 7) is -0.785. The van der Waals surface area contributed by atoms with Crippen molar-refractivity contribution in [2.24, 2.45) is 0 Å². The van der Waals surface area contributed by atoms with Gasteiger partial charge in [0.1, 0.15) is 30.3 Å². The van der Waals surface area contributed by atoms with Gasteiger partial charge in [0.15, 0.2) is 0 Å². The molecule has 0 aliphatic heterocycles. The number of nitrogens with zero attached hydrogens (tertiary/aromatic N) is 2. The Morgan fingerprint density at radius 2 is 1.87 bits per heavy atom. The Balaban J connectivity index is 1.48. The topological polar surface area (TPSA) is 125 Å². The van der Waals surface area contributed by atoms with Gasteiger partial charge in [-0.05, 0) is 36.4 Å². The van der Waals surface area contributed by atoms with E-state index in [4.69, 9.17) is 13.6 Å². The molecule has 0 saturated carbocycles. The molecular weight excluding hydrogens is 399 g/mol. The highest BCUT2D eigenvalue weighted by Gasteiger charge is 2.15. The van der Waals surface area contributed by atoms with E-state index < -0.39 is 29.7 Å². The van der Waals surface area contributed by atoms with Crippen molar-refractivity contribution in [3.63, 3.8) is 0 Å². The van der Waals surface area contributed by atoms with Gasteiger partial charge in [-0.3, -0.25) is 4.79 Å². The van der Waals surface area contributed by atoms with Gasteiger partial charge < -0.3 is 18.7 Å². The third-order valence-electron chi connectivity index (χ3n) is 4.18. The Morgan fingerprint density at radius 1 is 1.10 bits per heavy atom. The molecule has 0 radical (unpaired) electrons. The number of halogens is 1. The zero-order chi connectivity index (χ0) is 21.3. The fourth-order valence-electron chi connectivity index (χ4n) is 2.78. The zero-order valence-corrected chi connectivity index (χ0v) is 15.2. The van der Waals surface area contributed by atoms with Gasteiger partial charge >= 0.3 is 17.4 Å². The highest BCUT2D eigenvalue weighted by Crippen LogP contribution is 2.22. The molecule has 10 heteroatoms. The predicted molar refractivity (Wildman–Crippen MR) is 100 cm³/mol. The Morgan fingerprint density at radius 3 is 2.63 bits per heavy atom. The fourth-order valence-corrected chi connectivity index (χ4v) is 2.78. The molecule has 2 aromatic heterocycles. The van der Waals surface area contributed by atoms with Crippen molar-refractivity contribution in [2.75, 3.05) is 0 Å². The summed E-state index contributed by atoms with van der Waals surface area (Å²) in [6, 6.07) is 10.5. The lowest BCUT2D eigenvalue weighted by molar-refractivity contribution is -0.146. The van der Waals surface area contributed by atoms with Gasteiger partial charge in [0, 0.05) is 28.6 Å². The highest BCUT2D eigenvalue weighted by atomic mass is 19.1. The normalized spacial score (nSPS) is 11.0. The molecule has 2 aromatic carbocycles. The second-order valence-electron chi connectivity index (χ2n) is 6.27. The molecule has 0 aliphatic rings. The lowest BCUT2D eigenvalue weighted by Gasteiger charge is -2.07. The number of fused-ring (bicyclic) bond motifs is 1. The van der Waals surface area contributed by atoms with Gasteiger partial charge in [0.25, 0.3) is 0 Å². The Bertz CT molecular complexity index is 1350. The summed E-state index contributed by atoms with van der Waals surface area (Å²) in [5.74, 6) is -2.29. The average Bonchev–Trinajstić information content (AvgIpc) is 3.06. The largest absolute Gasteiger partial charge is 0.508 e. The number of carbonyl (C=O) groups is 1. The first-order chi connectivity index (χ1) is 14.4. The van der Waals surface area contributed by atoms with Crippen LogP contribution in [0.3, 0.4) is 0 Å². The minimum atomic E-state index is -0.882. The number of phenolic OH excluding ortho intramolecular Hbond substituents is 1. The zero-order valence-electron chi connectivity index (χ0n) is 15.2. The SMILES string of the molecule is O=C(Cn1nc(-c2ccc(F)cc2)oc1=O)OCc1cc(=O)oc2cc(O)ccc12. The van der Waals surface area contributed by atoms with Crippen molar-refractivity contribution in [1.29, 1.82) is 0 Å². The van der Waals surface area contributed by atoms with Crippen molar-refractivity contribution >= 4 is 16.9 Å². The van der Waals surface area contributed by atoms with Crippen molar-refractivity contribution < 1.29 is 27.9 Å². The third kappa shape index (κ3) is 3.97. The van der Waals surface area contributed by atoms with Crippen LogP contribution in [0.5, 0.6) is 5.75 Å². The summed E-state index contributed by atoms with van der Waals surface area (Å²) in [5.41, 5.74) is 0.210. The number of benzene rings is 2. The number of aromatic hydroxyl groups is 1. The number of hydrogen-bond donors (Lipinski definition) is 1. The summed E-state index contributed by atoms with van der Waals surface area (Å²) in [7, 11) is 0. The average molecular weight is 412 g/mol. The molecule has 0 fully saturated rings. The maximum atomic E-state index is 13.0. The first-order valence-electron chi connectivity index (χ1n) is 8.64. The van der Waals surface area contributed by atoms with Crippen LogP contribution in [0, 0.1) is 5.82 Å². The monoisotopic (exact) mass is 412 g/mol. The summed E-state index contributed by atoms with van der Waals surface area (Å²) in [6.07, 6.45) is 0. The standard InChI is InChI=1S/C20H13FN2O7/c21-13-3-1-11(2-4-13)19-22-23(20(27)30-19)9-18(26)28-10-12-7-17(25)29-16-8-14(24)5-6-15(12)16/h1-8,24H,9-10H2. The van der Waals surface area contributed by atoms with Crippen LogP contribution in [0.1, 0.15) is 5.56 Å². The van der Waals surface area contributed by atoms with Crippen LogP contribution in [0.25, 0.3) is 22.4 Å². The molecule has 0 atom stereocenters. The van der Waals surface area contributed by atoms with E-state index in [0.29, 0.717) is 16.5 Å². The van der Waals surface area contributed by atoms with Crippen molar-refractivity contribution in [2.45, 2.75) is 13.2 Å². The second-order valence-corrected chi connectivity index (χ2v) is 6.27. The number of esters is 1. The molecule has 0 amide bonds. The van der Waals surface area contributed by atoms with Gasteiger partial charge in [-0.25, -0.2) is 14.0 Å². The highest BCUT2D eigenvalue weighted by molar-refractivity contribution is 5.81. The third-order valence-corrected chi connectivity index (χ3v) is 4.18. The second kappa shape index (κ2) is 7.66. The van der Waals surface area contributed by atoms with Crippen molar-refractivity contribution in [1.82, 2.24) is 9.78 Å². The minimum Gasteiger partial charge on any atom is -0.508 e. The van der Waals surface area contributed by atoms with Crippen molar-refractivity contribution in [3.05, 3.63) is 80.9 Å². The van der Waals surface area contributed by atoms with E-state index in [-0.39, 0.29) is 23.8 Å². The Kier molecular flexibility index (Phi) is 4.88. The van der Waals surface area contributed by atoms with Crippen LogP contribution in [0.4, 0.5) is 4.39 Å². The maximum absolute atomic E-state index is 13.0. The first-order valence-corrected chi connectivity index (χ1v) is 8.64. The van der Waals surface area contributed by atoms with E-state index in [1.807, 2.05) is 0 Å². The number of ether oxygens (including phenoxy) is 1. The van der Waals surface area contributed by atoms with E-state index in [1.165, 1.54) is 48.5 Å². The van der Waals surface area contributed by atoms with E-state index in [1.54, 1.807) is 0 Å². The van der Waals surface area contributed by atoms with Gasteiger partial charge in [-0.15, -0.1) is 5.10 Å². The summed E-state index contributed by atoms with van der Waals surface area (Å²) in [5, 5.41) is 13.9. The first kappa shape index (κ1) is 19.1. The predicted octanol–water partition coefficient (Wildman–Crippen LogP) is 2.20. The van der Waals surface area contributed by atoms with Crippen LogP contribution >= 0.6 is 0 Å². The van der Waals surface area contributed by atoms with E-state index in [2.05, 4.69) is 5.10 Å². The molecule has 2 heterocycles. The maximum Gasteiger partial charge on any atom is 0.437 e. The molecule has 4 rings (SSSR count). The van der Waals surface area contributed by atoms with Crippen molar-refractivity contribution in [3.8, 4) is 17.2 Å². The molecular formula is C20H13FN2O7. The molecule has 0 saturated heterocycles. The number of phenols is 1. The molecule has 0 unspecified atom stereocenters. The molecule has 0 bridgehead atoms. The van der Waals surface area contributed by atoms with E-state index in [0.717, 1.165) is 4.68 Å². The molecule has 1 N–H and O–H groups in total. The van der Waals surface area contributed by atoms with Gasteiger partial charge in [0.2, 0.25) is 5.89 Å².